The van der Waals surface area contributed by atoms with Gasteiger partial charge in [-0.3, -0.25) is 0 Å². The van der Waals surface area contributed by atoms with Crippen molar-refractivity contribution in [2.24, 2.45) is 17.6 Å². The van der Waals surface area contributed by atoms with Crippen molar-refractivity contribution in [1.82, 2.24) is 0 Å². The second-order valence-corrected chi connectivity index (χ2v) is 2.79. The van der Waals surface area contributed by atoms with Crippen molar-refractivity contribution in [3.05, 3.63) is 0 Å². The Morgan fingerprint density at radius 3 is 1.89 bits per heavy atom. The van der Waals surface area contributed by atoms with Crippen molar-refractivity contribution in [2.45, 2.75) is 33.6 Å². The average Bonchev–Trinajstić information content (AvgIpc) is 1.90. The highest BCUT2D eigenvalue weighted by molar-refractivity contribution is 4.63. The van der Waals surface area contributed by atoms with Crippen LogP contribution < -0.4 is 5.73 Å². The van der Waals surface area contributed by atoms with Crippen molar-refractivity contribution in [1.29, 1.82) is 0 Å². The molecule has 0 rings (SSSR count). The molecule has 0 aromatic carbocycles. The Bertz CT molecular complexity index is 57.6. The quantitative estimate of drug-likeness (QED) is 0.617. The molecule has 0 heterocycles. The largest absolute Gasteiger partial charge is 0.330 e. The zero-order valence-corrected chi connectivity index (χ0v) is 6.85. The minimum Gasteiger partial charge on any atom is -0.330 e. The molecule has 0 unspecified atom stereocenters. The lowest BCUT2D eigenvalue weighted by Crippen LogP contribution is -2.20. The molecule has 0 saturated heterocycles. The molecule has 0 fully saturated rings. The fourth-order valence-corrected chi connectivity index (χ4v) is 1.13. The first-order chi connectivity index (χ1) is 4.26. The number of hydrogen-bond donors (Lipinski definition) is 1. The van der Waals surface area contributed by atoms with Crippen LogP contribution in [0.2, 0.25) is 0 Å². The van der Waals surface area contributed by atoms with Gasteiger partial charge in [0.05, 0.1) is 0 Å². The minimum absolute atomic E-state index is 0.745. The van der Waals surface area contributed by atoms with Gasteiger partial charge in [0.1, 0.15) is 0 Å². The molecule has 9 heavy (non-hydrogen) atoms. The van der Waals surface area contributed by atoms with E-state index in [2.05, 4.69) is 20.8 Å². The third-order valence-corrected chi connectivity index (χ3v) is 2.28. The van der Waals surface area contributed by atoms with Gasteiger partial charge in [-0.1, -0.05) is 33.6 Å². The summed E-state index contributed by atoms with van der Waals surface area (Å²) in [7, 11) is 0. The Balaban J connectivity index is 3.50. The van der Waals surface area contributed by atoms with Crippen LogP contribution in [0, 0.1) is 11.8 Å². The summed E-state index contributed by atoms with van der Waals surface area (Å²) in [5, 5.41) is 0. The van der Waals surface area contributed by atoms with Crippen molar-refractivity contribution in [2.75, 3.05) is 6.54 Å². The summed E-state index contributed by atoms with van der Waals surface area (Å²) in [6.45, 7) is 7.57. The maximum atomic E-state index is 5.56. The second-order valence-electron chi connectivity index (χ2n) is 2.79. The molecule has 56 valence electrons. The van der Waals surface area contributed by atoms with Crippen molar-refractivity contribution < 1.29 is 0 Å². The molecule has 0 aromatic heterocycles. The first kappa shape index (κ1) is 8.96. The molecule has 0 aromatic rings. The Labute approximate surface area is 58.6 Å². The van der Waals surface area contributed by atoms with Crippen LogP contribution in [-0.2, 0) is 0 Å². The number of nitrogens with two attached hydrogens (primary N) is 1. The van der Waals surface area contributed by atoms with E-state index in [9.17, 15) is 0 Å². The molecule has 2 N–H and O–H groups in total. The SMILES string of the molecule is CC[C@H](CN)[C@H](C)CC. The Hall–Kier alpha value is -0.0400. The summed E-state index contributed by atoms with van der Waals surface area (Å²) in [4.78, 5) is 0. The number of hydrogen-bond acceptors (Lipinski definition) is 1. The molecule has 2 atom stereocenters. The molecule has 0 spiro atoms. The van der Waals surface area contributed by atoms with Crippen LogP contribution >= 0.6 is 0 Å². The van der Waals surface area contributed by atoms with E-state index in [0.717, 1.165) is 18.4 Å². The van der Waals surface area contributed by atoms with Gasteiger partial charge in [-0.15, -0.1) is 0 Å². The molecular weight excluding hydrogens is 110 g/mol. The summed E-state index contributed by atoms with van der Waals surface area (Å²) < 4.78 is 0. The van der Waals surface area contributed by atoms with Gasteiger partial charge in [0.25, 0.3) is 0 Å². The standard InChI is InChI=1S/C8H19N/c1-4-7(3)8(5-2)6-9/h7-8H,4-6,9H2,1-3H3/t7-,8-/m1/s1. The molecule has 1 nitrogen and oxygen atoms in total. The summed E-state index contributed by atoms with van der Waals surface area (Å²) in [6.07, 6.45) is 2.49. The summed E-state index contributed by atoms with van der Waals surface area (Å²) in [5.41, 5.74) is 5.56. The monoisotopic (exact) mass is 129 g/mol. The van der Waals surface area contributed by atoms with Gasteiger partial charge >= 0.3 is 0 Å². The Morgan fingerprint density at radius 1 is 1.22 bits per heavy atom. The predicted molar refractivity (Wildman–Crippen MR) is 42.3 cm³/mol. The third kappa shape index (κ3) is 2.85. The van der Waals surface area contributed by atoms with Crippen molar-refractivity contribution in [3.63, 3.8) is 0 Å². The Kier molecular flexibility index (Phi) is 4.78. The summed E-state index contributed by atoms with van der Waals surface area (Å²) >= 11 is 0. The summed E-state index contributed by atoms with van der Waals surface area (Å²) in [6, 6.07) is 0. The molecule has 0 amide bonds. The van der Waals surface area contributed by atoms with Crippen LogP contribution in [0.5, 0.6) is 0 Å². The highest BCUT2D eigenvalue weighted by Gasteiger charge is 2.10. The fraction of sp³-hybridized carbons (Fsp3) is 1.00. The van der Waals surface area contributed by atoms with E-state index in [1.54, 1.807) is 0 Å². The molecule has 1 heteroatoms. The third-order valence-electron chi connectivity index (χ3n) is 2.28. The highest BCUT2D eigenvalue weighted by atomic mass is 14.5. The van der Waals surface area contributed by atoms with Gasteiger partial charge < -0.3 is 5.73 Å². The average molecular weight is 129 g/mol. The van der Waals surface area contributed by atoms with E-state index in [-0.39, 0.29) is 0 Å². The smallest absolute Gasteiger partial charge is 0.00464 e. The highest BCUT2D eigenvalue weighted by Crippen LogP contribution is 2.16. The predicted octanol–water partition coefficient (Wildman–Crippen LogP) is 2.02. The van der Waals surface area contributed by atoms with Gasteiger partial charge in [0, 0.05) is 0 Å². The maximum absolute atomic E-state index is 5.56. The topological polar surface area (TPSA) is 26.0 Å². The molecule has 0 bridgehead atoms. The second kappa shape index (κ2) is 4.80. The van der Waals surface area contributed by atoms with Gasteiger partial charge in [-0.05, 0) is 18.4 Å². The number of rotatable bonds is 4. The van der Waals surface area contributed by atoms with E-state index in [0.29, 0.717) is 0 Å². The molecule has 0 aliphatic heterocycles. The fourth-order valence-electron chi connectivity index (χ4n) is 1.13. The lowest BCUT2D eigenvalue weighted by Gasteiger charge is -2.18. The molecule has 0 radical (unpaired) electrons. The molecule has 0 saturated carbocycles. The molecular formula is C8H19N. The van der Waals surface area contributed by atoms with E-state index < -0.39 is 0 Å². The van der Waals surface area contributed by atoms with Crippen LogP contribution in [0.4, 0.5) is 0 Å². The lowest BCUT2D eigenvalue weighted by molar-refractivity contribution is 0.346. The van der Waals surface area contributed by atoms with Crippen molar-refractivity contribution >= 4 is 0 Å². The van der Waals surface area contributed by atoms with Crippen LogP contribution in [0.15, 0.2) is 0 Å². The van der Waals surface area contributed by atoms with E-state index in [1.165, 1.54) is 12.8 Å². The van der Waals surface area contributed by atoms with Gasteiger partial charge in [0.2, 0.25) is 0 Å². The van der Waals surface area contributed by atoms with Gasteiger partial charge in [0.15, 0.2) is 0 Å². The van der Waals surface area contributed by atoms with E-state index in [1.807, 2.05) is 0 Å². The van der Waals surface area contributed by atoms with Crippen LogP contribution in [0.25, 0.3) is 0 Å². The van der Waals surface area contributed by atoms with Crippen molar-refractivity contribution in [3.8, 4) is 0 Å². The van der Waals surface area contributed by atoms with Gasteiger partial charge in [-0.25, -0.2) is 0 Å². The van der Waals surface area contributed by atoms with Crippen LogP contribution in [0.1, 0.15) is 33.6 Å². The first-order valence-electron chi connectivity index (χ1n) is 3.96. The molecule has 0 aliphatic carbocycles. The maximum Gasteiger partial charge on any atom is -0.00464 e. The minimum atomic E-state index is 0.745. The van der Waals surface area contributed by atoms with E-state index in [4.69, 9.17) is 5.73 Å². The van der Waals surface area contributed by atoms with Crippen LogP contribution in [-0.4, -0.2) is 6.54 Å². The summed E-state index contributed by atoms with van der Waals surface area (Å²) in [5.74, 6) is 1.55. The normalized spacial score (nSPS) is 17.3. The molecule has 0 aliphatic rings. The zero-order valence-electron chi connectivity index (χ0n) is 6.85. The van der Waals surface area contributed by atoms with Crippen LogP contribution in [0.3, 0.4) is 0 Å². The van der Waals surface area contributed by atoms with Gasteiger partial charge in [-0.2, -0.15) is 0 Å². The first-order valence-corrected chi connectivity index (χ1v) is 3.96. The Morgan fingerprint density at radius 2 is 1.78 bits per heavy atom. The zero-order chi connectivity index (χ0) is 7.28. The lowest BCUT2D eigenvalue weighted by atomic mass is 9.90. The van der Waals surface area contributed by atoms with E-state index >= 15 is 0 Å².